The van der Waals surface area contributed by atoms with Gasteiger partial charge in [-0.3, -0.25) is 9.59 Å². The smallest absolute Gasteiger partial charge is 0.304 e. The monoisotopic (exact) mass is 298 g/mol. The van der Waals surface area contributed by atoms with Gasteiger partial charge < -0.3 is 10.0 Å². The van der Waals surface area contributed by atoms with E-state index in [9.17, 15) is 14.9 Å². The van der Waals surface area contributed by atoms with Crippen molar-refractivity contribution >= 4 is 23.6 Å². The molecule has 0 radical (unpaired) electrons. The topological polar surface area (TPSA) is 81.4 Å². The van der Waals surface area contributed by atoms with Crippen LogP contribution in [0.2, 0.25) is 0 Å². The summed E-state index contributed by atoms with van der Waals surface area (Å²) in [5.74, 6) is -0.712. The lowest BCUT2D eigenvalue weighted by molar-refractivity contribution is -0.137. The highest BCUT2D eigenvalue weighted by atomic mass is 32.2. The van der Waals surface area contributed by atoms with E-state index in [-0.39, 0.29) is 23.3 Å². The molecule has 5 nitrogen and oxygen atoms in total. The Kier molecular flexibility index (Phi) is 6.34. The number of carboxylic acids is 1. The Morgan fingerprint density at radius 3 is 2.50 bits per heavy atom. The van der Waals surface area contributed by atoms with Crippen LogP contribution in [-0.2, 0) is 9.59 Å². The third-order valence-electron chi connectivity index (χ3n) is 3.86. The van der Waals surface area contributed by atoms with Gasteiger partial charge in [-0.15, -0.1) is 11.8 Å². The molecule has 0 aromatic carbocycles. The molecule has 0 saturated heterocycles. The largest absolute Gasteiger partial charge is 0.481 e. The number of carbonyl (C=O) groups excluding carboxylic acids is 1. The number of nitrogens with zero attached hydrogens (tertiary/aromatic N) is 2. The quantitative estimate of drug-likeness (QED) is 0.813. The molecule has 1 atom stereocenters. The molecule has 0 bridgehead atoms. The Morgan fingerprint density at radius 2 is 2.00 bits per heavy atom. The van der Waals surface area contributed by atoms with E-state index in [1.165, 1.54) is 11.8 Å². The second-order valence-corrected chi connectivity index (χ2v) is 6.80. The first-order chi connectivity index (χ1) is 9.41. The van der Waals surface area contributed by atoms with Gasteiger partial charge in [0.05, 0.1) is 18.2 Å². The average molecular weight is 298 g/mol. The second kappa shape index (κ2) is 7.53. The van der Waals surface area contributed by atoms with Gasteiger partial charge in [-0.1, -0.05) is 26.2 Å². The first-order valence-electron chi connectivity index (χ1n) is 6.92. The first kappa shape index (κ1) is 16.8. The van der Waals surface area contributed by atoms with Crippen LogP contribution in [0, 0.1) is 11.3 Å². The summed E-state index contributed by atoms with van der Waals surface area (Å²) in [6.07, 6.45) is 4.60. The van der Waals surface area contributed by atoms with Gasteiger partial charge in [-0.05, 0) is 12.8 Å². The van der Waals surface area contributed by atoms with Crippen LogP contribution >= 0.6 is 11.8 Å². The van der Waals surface area contributed by atoms with Crippen molar-refractivity contribution in [3.63, 3.8) is 0 Å². The third-order valence-corrected chi connectivity index (χ3v) is 5.01. The van der Waals surface area contributed by atoms with Crippen molar-refractivity contribution < 1.29 is 14.7 Å². The molecule has 1 rings (SSSR count). The Hall–Kier alpha value is -1.22. The maximum Gasteiger partial charge on any atom is 0.304 e. The van der Waals surface area contributed by atoms with Crippen molar-refractivity contribution in [2.45, 2.75) is 56.2 Å². The molecular weight excluding hydrogens is 276 g/mol. The normalized spacial score (nSPS) is 18.9. The number of carbonyl (C=O) groups is 2. The summed E-state index contributed by atoms with van der Waals surface area (Å²) >= 11 is 1.33. The maximum absolute atomic E-state index is 12.2. The number of hydrogen-bond donors (Lipinski definition) is 1. The van der Waals surface area contributed by atoms with Crippen LogP contribution in [0.25, 0.3) is 0 Å². The van der Waals surface area contributed by atoms with Crippen LogP contribution in [0.4, 0.5) is 0 Å². The Balaban J connectivity index is 2.53. The summed E-state index contributed by atoms with van der Waals surface area (Å²) in [7, 11) is 1.69. The number of aliphatic carboxylic acids is 1. The van der Waals surface area contributed by atoms with E-state index in [1.54, 1.807) is 18.9 Å². The number of amides is 1. The van der Waals surface area contributed by atoms with Gasteiger partial charge >= 0.3 is 5.97 Å². The number of carboxylic acid groups (broad SMARTS) is 1. The summed E-state index contributed by atoms with van der Waals surface area (Å²) in [4.78, 5) is 24.4. The molecule has 1 unspecified atom stereocenters. The van der Waals surface area contributed by atoms with E-state index >= 15 is 0 Å². The van der Waals surface area contributed by atoms with Gasteiger partial charge in [0.2, 0.25) is 5.91 Å². The fourth-order valence-corrected chi connectivity index (χ4v) is 3.39. The molecule has 112 valence electrons. The van der Waals surface area contributed by atoms with E-state index in [2.05, 4.69) is 6.07 Å². The molecule has 1 N–H and O–H groups in total. The van der Waals surface area contributed by atoms with Crippen molar-refractivity contribution in [3.8, 4) is 6.07 Å². The van der Waals surface area contributed by atoms with Gasteiger partial charge in [-0.25, -0.2) is 0 Å². The molecule has 1 aliphatic rings. The Bertz CT molecular complexity index is 400. The summed E-state index contributed by atoms with van der Waals surface area (Å²) in [6.45, 7) is 1.80. The highest BCUT2D eigenvalue weighted by Gasteiger charge is 2.38. The van der Waals surface area contributed by atoms with Gasteiger partial charge in [0, 0.05) is 12.3 Å². The molecule has 1 saturated carbocycles. The Labute approximate surface area is 124 Å². The van der Waals surface area contributed by atoms with Crippen molar-refractivity contribution in [3.05, 3.63) is 0 Å². The van der Waals surface area contributed by atoms with Crippen LogP contribution in [-0.4, -0.2) is 45.5 Å². The zero-order chi connectivity index (χ0) is 15.2. The van der Waals surface area contributed by atoms with Crippen molar-refractivity contribution in [1.29, 1.82) is 5.26 Å². The highest BCUT2D eigenvalue weighted by molar-refractivity contribution is 8.00. The maximum atomic E-state index is 12.2. The fraction of sp³-hybridized carbons (Fsp3) is 0.786. The standard InChI is InChI=1S/C14H22N2O3S/c1-11(8-13(18)19)20-9-12(17)16(2)14(10-15)6-4-3-5-7-14/h11H,3-9H2,1-2H3,(H,18,19). The van der Waals surface area contributed by atoms with Gasteiger partial charge in [0.1, 0.15) is 5.54 Å². The molecule has 1 aliphatic carbocycles. The minimum absolute atomic E-state index is 0.0467. The van der Waals surface area contributed by atoms with Crippen molar-refractivity contribution in [2.75, 3.05) is 12.8 Å². The van der Waals surface area contributed by atoms with E-state index < -0.39 is 11.5 Å². The Morgan fingerprint density at radius 1 is 1.40 bits per heavy atom. The first-order valence-corrected chi connectivity index (χ1v) is 7.97. The number of rotatable bonds is 6. The zero-order valence-electron chi connectivity index (χ0n) is 12.1. The van der Waals surface area contributed by atoms with E-state index in [0.717, 1.165) is 32.1 Å². The number of nitriles is 1. The average Bonchev–Trinajstić information content (AvgIpc) is 2.44. The summed E-state index contributed by atoms with van der Waals surface area (Å²) in [5.41, 5.74) is -0.661. The van der Waals surface area contributed by atoms with E-state index in [0.29, 0.717) is 0 Å². The molecule has 0 aliphatic heterocycles. The van der Waals surface area contributed by atoms with E-state index in [1.807, 2.05) is 0 Å². The van der Waals surface area contributed by atoms with Crippen molar-refractivity contribution in [2.24, 2.45) is 0 Å². The predicted octanol–water partition coefficient (Wildman–Crippen LogP) is 2.27. The molecule has 1 amide bonds. The van der Waals surface area contributed by atoms with Crippen LogP contribution < -0.4 is 0 Å². The third kappa shape index (κ3) is 4.41. The lowest BCUT2D eigenvalue weighted by atomic mass is 9.81. The van der Waals surface area contributed by atoms with Crippen LogP contribution in [0.15, 0.2) is 0 Å². The second-order valence-electron chi connectivity index (χ2n) is 5.38. The van der Waals surface area contributed by atoms with Crippen LogP contribution in [0.3, 0.4) is 0 Å². The lowest BCUT2D eigenvalue weighted by Gasteiger charge is -2.39. The number of thioether (sulfide) groups is 1. The SMILES string of the molecule is CC(CC(=O)O)SCC(=O)N(C)C1(C#N)CCCCC1. The van der Waals surface area contributed by atoms with Gasteiger partial charge in [0.25, 0.3) is 0 Å². The summed E-state index contributed by atoms with van der Waals surface area (Å²) in [6, 6.07) is 2.32. The van der Waals surface area contributed by atoms with Gasteiger partial charge in [-0.2, -0.15) is 5.26 Å². The molecular formula is C14H22N2O3S. The molecule has 0 aromatic heterocycles. The molecule has 0 heterocycles. The minimum Gasteiger partial charge on any atom is -0.481 e. The molecule has 0 aromatic rings. The van der Waals surface area contributed by atoms with Gasteiger partial charge in [0.15, 0.2) is 0 Å². The molecule has 0 spiro atoms. The molecule has 20 heavy (non-hydrogen) atoms. The molecule has 6 heteroatoms. The zero-order valence-corrected chi connectivity index (χ0v) is 12.9. The highest BCUT2D eigenvalue weighted by Crippen LogP contribution is 2.32. The molecule has 1 fully saturated rings. The summed E-state index contributed by atoms with van der Waals surface area (Å²) in [5, 5.41) is 18.0. The summed E-state index contributed by atoms with van der Waals surface area (Å²) < 4.78 is 0. The lowest BCUT2D eigenvalue weighted by Crippen LogP contribution is -2.50. The number of hydrogen-bond acceptors (Lipinski definition) is 4. The predicted molar refractivity (Wildman–Crippen MR) is 78.4 cm³/mol. The van der Waals surface area contributed by atoms with Crippen LogP contribution in [0.5, 0.6) is 0 Å². The minimum atomic E-state index is -0.855. The van der Waals surface area contributed by atoms with Crippen LogP contribution in [0.1, 0.15) is 45.4 Å². The fourth-order valence-electron chi connectivity index (χ4n) is 2.51. The van der Waals surface area contributed by atoms with E-state index in [4.69, 9.17) is 5.11 Å². The van der Waals surface area contributed by atoms with Crippen molar-refractivity contribution in [1.82, 2.24) is 4.90 Å².